The van der Waals surface area contributed by atoms with Crippen LogP contribution in [0.5, 0.6) is 0 Å². The molecule has 0 radical (unpaired) electrons. The van der Waals surface area contributed by atoms with Crippen molar-refractivity contribution in [3.05, 3.63) is 29.8 Å². The predicted octanol–water partition coefficient (Wildman–Crippen LogP) is 0.595. The molecule has 0 atom stereocenters. The van der Waals surface area contributed by atoms with Crippen molar-refractivity contribution in [2.24, 2.45) is 5.73 Å². The highest BCUT2D eigenvalue weighted by Crippen LogP contribution is 2.23. The standard InChI is InChI=1S/C20H27N5O4.ClH/c1-2-29-19(28)13-23-9-7-16(8-10-23)25-12-17(26)24(11-18(25)27)15-5-3-14(4-6-15)20(21)22;/h3-6,16H,2,7-13H2,1H3,(H3,21,22);1H. The fourth-order valence-electron chi connectivity index (χ4n) is 3.80. The van der Waals surface area contributed by atoms with Crippen molar-refractivity contribution < 1.29 is 19.1 Å². The lowest BCUT2D eigenvalue weighted by atomic mass is 10.0. The average molecular weight is 438 g/mol. The third-order valence-corrected chi connectivity index (χ3v) is 5.37. The van der Waals surface area contributed by atoms with Crippen molar-refractivity contribution in [2.75, 3.05) is 44.2 Å². The van der Waals surface area contributed by atoms with E-state index in [9.17, 15) is 14.4 Å². The summed E-state index contributed by atoms with van der Waals surface area (Å²) in [6.45, 7) is 3.85. The summed E-state index contributed by atoms with van der Waals surface area (Å²) in [7, 11) is 0. The Kier molecular flexibility index (Phi) is 8.19. The molecule has 9 nitrogen and oxygen atoms in total. The molecule has 0 saturated carbocycles. The number of carbonyl (C=O) groups excluding carboxylic acids is 3. The molecular weight excluding hydrogens is 410 g/mol. The highest BCUT2D eigenvalue weighted by atomic mass is 35.5. The zero-order chi connectivity index (χ0) is 21.0. The van der Waals surface area contributed by atoms with Crippen LogP contribution in [0.1, 0.15) is 25.3 Å². The van der Waals surface area contributed by atoms with Gasteiger partial charge in [0.15, 0.2) is 0 Å². The van der Waals surface area contributed by atoms with E-state index in [4.69, 9.17) is 15.9 Å². The number of nitrogens with zero attached hydrogens (tertiary/aromatic N) is 3. The second-order valence-electron chi connectivity index (χ2n) is 7.27. The van der Waals surface area contributed by atoms with Crippen LogP contribution in [0, 0.1) is 5.41 Å². The topological polar surface area (TPSA) is 120 Å². The SMILES string of the molecule is CCOC(=O)CN1CCC(N2CC(=O)N(c3ccc(C(=N)N)cc3)CC2=O)CC1.Cl. The third-order valence-electron chi connectivity index (χ3n) is 5.37. The maximum Gasteiger partial charge on any atom is 0.320 e. The summed E-state index contributed by atoms with van der Waals surface area (Å²) in [5.74, 6) is -0.488. The van der Waals surface area contributed by atoms with Gasteiger partial charge < -0.3 is 20.3 Å². The van der Waals surface area contributed by atoms with Gasteiger partial charge in [-0.1, -0.05) is 0 Å². The minimum absolute atomic E-state index is 0. The van der Waals surface area contributed by atoms with Gasteiger partial charge in [0.1, 0.15) is 18.9 Å². The van der Waals surface area contributed by atoms with Crippen LogP contribution < -0.4 is 10.6 Å². The van der Waals surface area contributed by atoms with Crippen molar-refractivity contribution in [1.29, 1.82) is 5.41 Å². The maximum absolute atomic E-state index is 12.7. The van der Waals surface area contributed by atoms with Crippen LogP contribution in [-0.2, 0) is 19.1 Å². The van der Waals surface area contributed by atoms with E-state index in [1.54, 1.807) is 36.1 Å². The number of carbonyl (C=O) groups is 3. The molecule has 2 heterocycles. The number of piperidine rings is 1. The monoisotopic (exact) mass is 437 g/mol. The first kappa shape index (κ1) is 23.6. The number of esters is 1. The minimum atomic E-state index is -0.235. The number of amides is 2. The van der Waals surface area contributed by atoms with Crippen molar-refractivity contribution >= 4 is 41.7 Å². The maximum atomic E-state index is 12.7. The summed E-state index contributed by atoms with van der Waals surface area (Å²) >= 11 is 0. The lowest BCUT2D eigenvalue weighted by Gasteiger charge is -2.42. The molecule has 164 valence electrons. The quantitative estimate of drug-likeness (QED) is 0.382. The summed E-state index contributed by atoms with van der Waals surface area (Å²) < 4.78 is 4.98. The molecule has 30 heavy (non-hydrogen) atoms. The largest absolute Gasteiger partial charge is 0.465 e. The molecule has 10 heteroatoms. The minimum Gasteiger partial charge on any atom is -0.465 e. The lowest BCUT2D eigenvalue weighted by Crippen LogP contribution is -2.59. The van der Waals surface area contributed by atoms with E-state index < -0.39 is 0 Å². The number of ether oxygens (including phenoxy) is 1. The van der Waals surface area contributed by atoms with E-state index in [0.29, 0.717) is 30.9 Å². The molecule has 2 amide bonds. The molecule has 1 aromatic carbocycles. The number of nitrogens with one attached hydrogen (secondary N) is 1. The Labute approximate surface area is 182 Å². The highest BCUT2D eigenvalue weighted by molar-refractivity contribution is 6.05. The van der Waals surface area contributed by atoms with E-state index in [1.807, 2.05) is 4.90 Å². The lowest BCUT2D eigenvalue weighted by molar-refractivity contribution is -0.146. The molecule has 3 N–H and O–H groups in total. The predicted molar refractivity (Wildman–Crippen MR) is 115 cm³/mol. The Morgan fingerprint density at radius 3 is 2.33 bits per heavy atom. The zero-order valence-corrected chi connectivity index (χ0v) is 17.8. The summed E-state index contributed by atoms with van der Waals surface area (Å²) in [4.78, 5) is 42.2. The first-order chi connectivity index (χ1) is 13.9. The molecule has 2 saturated heterocycles. The Bertz CT molecular complexity index is 793. The van der Waals surface area contributed by atoms with Crippen molar-refractivity contribution in [1.82, 2.24) is 9.80 Å². The van der Waals surface area contributed by atoms with Gasteiger partial charge in [0, 0.05) is 30.4 Å². The van der Waals surface area contributed by atoms with Gasteiger partial charge in [-0.15, -0.1) is 12.4 Å². The van der Waals surface area contributed by atoms with E-state index >= 15 is 0 Å². The Hall–Kier alpha value is -2.65. The molecule has 0 aliphatic carbocycles. The van der Waals surface area contributed by atoms with Gasteiger partial charge in [-0.25, -0.2) is 0 Å². The van der Waals surface area contributed by atoms with E-state index in [2.05, 4.69) is 0 Å². The molecule has 2 aliphatic rings. The van der Waals surface area contributed by atoms with Crippen LogP contribution in [0.15, 0.2) is 24.3 Å². The number of hydrogen-bond donors (Lipinski definition) is 2. The van der Waals surface area contributed by atoms with Crippen molar-refractivity contribution in [2.45, 2.75) is 25.8 Å². The molecule has 2 aliphatic heterocycles. The van der Waals surface area contributed by atoms with Gasteiger partial charge in [-0.3, -0.25) is 24.7 Å². The number of likely N-dealkylation sites (tertiary alicyclic amines) is 1. The van der Waals surface area contributed by atoms with Gasteiger partial charge in [-0.2, -0.15) is 0 Å². The number of hydrogen-bond acceptors (Lipinski definition) is 6. The van der Waals surface area contributed by atoms with Gasteiger partial charge in [0.2, 0.25) is 11.8 Å². The van der Waals surface area contributed by atoms with E-state index in [-0.39, 0.29) is 61.7 Å². The average Bonchev–Trinajstić information content (AvgIpc) is 2.70. The summed E-state index contributed by atoms with van der Waals surface area (Å²) in [6, 6.07) is 6.74. The molecule has 0 bridgehead atoms. The molecule has 2 fully saturated rings. The molecule has 0 unspecified atom stereocenters. The number of halogens is 1. The first-order valence-corrected chi connectivity index (χ1v) is 9.81. The second-order valence-corrected chi connectivity index (χ2v) is 7.27. The van der Waals surface area contributed by atoms with E-state index in [0.717, 1.165) is 12.8 Å². The molecule has 1 aromatic rings. The van der Waals surface area contributed by atoms with Crippen molar-refractivity contribution in [3.8, 4) is 0 Å². The number of nitrogens with two attached hydrogens (primary N) is 1. The smallest absolute Gasteiger partial charge is 0.320 e. The van der Waals surface area contributed by atoms with Gasteiger partial charge in [0.25, 0.3) is 0 Å². The first-order valence-electron chi connectivity index (χ1n) is 9.81. The molecule has 0 spiro atoms. The summed E-state index contributed by atoms with van der Waals surface area (Å²) in [5.41, 5.74) is 6.65. The van der Waals surface area contributed by atoms with Crippen LogP contribution >= 0.6 is 12.4 Å². The van der Waals surface area contributed by atoms with Crippen LogP contribution in [0.4, 0.5) is 5.69 Å². The normalized spacial score (nSPS) is 18.2. The number of rotatable bonds is 6. The van der Waals surface area contributed by atoms with Crippen LogP contribution in [0.3, 0.4) is 0 Å². The number of nitrogen functional groups attached to an aromatic ring is 1. The second kappa shape index (κ2) is 10.4. The Balaban J connectivity index is 0.00000320. The number of piperazine rings is 1. The van der Waals surface area contributed by atoms with Crippen LogP contribution in [0.2, 0.25) is 0 Å². The van der Waals surface area contributed by atoms with Gasteiger partial charge in [-0.05, 0) is 44.0 Å². The molecular formula is C20H28ClN5O4. The summed E-state index contributed by atoms with van der Waals surface area (Å²) in [6.07, 6.45) is 1.46. The van der Waals surface area contributed by atoms with Gasteiger partial charge >= 0.3 is 5.97 Å². The number of amidine groups is 1. The fourth-order valence-corrected chi connectivity index (χ4v) is 3.80. The fraction of sp³-hybridized carbons (Fsp3) is 0.500. The van der Waals surface area contributed by atoms with Gasteiger partial charge in [0.05, 0.1) is 13.2 Å². The van der Waals surface area contributed by atoms with Crippen LogP contribution in [0.25, 0.3) is 0 Å². The number of benzene rings is 1. The molecule has 0 aromatic heterocycles. The Morgan fingerprint density at radius 1 is 1.13 bits per heavy atom. The van der Waals surface area contributed by atoms with Crippen LogP contribution in [-0.4, -0.2) is 78.8 Å². The van der Waals surface area contributed by atoms with E-state index in [1.165, 1.54) is 4.90 Å². The number of anilines is 1. The molecule has 3 rings (SSSR count). The Morgan fingerprint density at radius 2 is 1.77 bits per heavy atom. The summed E-state index contributed by atoms with van der Waals surface area (Å²) in [5, 5.41) is 7.44. The zero-order valence-electron chi connectivity index (χ0n) is 17.0. The van der Waals surface area contributed by atoms with Crippen molar-refractivity contribution in [3.63, 3.8) is 0 Å². The highest BCUT2D eigenvalue weighted by Gasteiger charge is 2.36. The third kappa shape index (κ3) is 5.48.